The van der Waals surface area contributed by atoms with Crippen molar-refractivity contribution in [1.29, 1.82) is 0 Å². The second-order valence-corrected chi connectivity index (χ2v) is 6.79. The molecule has 0 radical (unpaired) electrons. The van der Waals surface area contributed by atoms with Gasteiger partial charge in [0.15, 0.2) is 0 Å². The zero-order valence-corrected chi connectivity index (χ0v) is 16.2. The van der Waals surface area contributed by atoms with Crippen LogP contribution >= 0.6 is 0 Å². The molecule has 0 fully saturated rings. The molecule has 5 nitrogen and oxygen atoms in total. The average Bonchev–Trinajstić information content (AvgIpc) is 2.73. The maximum atomic E-state index is 11.2. The lowest BCUT2D eigenvalue weighted by Crippen LogP contribution is -1.99. The Bertz CT molecular complexity index is 1060. The molecular weight excluding hydrogens is 380 g/mol. The highest BCUT2D eigenvalue weighted by Crippen LogP contribution is 2.20. The van der Waals surface area contributed by atoms with Gasteiger partial charge in [-0.25, -0.2) is 9.59 Å². The van der Waals surface area contributed by atoms with Crippen LogP contribution in [0.3, 0.4) is 0 Å². The molecular formula is C25H20O5. The second kappa shape index (κ2) is 8.92. The second-order valence-electron chi connectivity index (χ2n) is 6.79. The van der Waals surface area contributed by atoms with Crippen LogP contribution < -0.4 is 0 Å². The van der Waals surface area contributed by atoms with E-state index in [4.69, 9.17) is 5.11 Å². The molecule has 30 heavy (non-hydrogen) atoms. The number of phenols is 1. The summed E-state index contributed by atoms with van der Waals surface area (Å²) in [5, 5.41) is 27.9. The smallest absolute Gasteiger partial charge is 0.339 e. The maximum absolute atomic E-state index is 11.2. The standard InChI is InChI=1S/C25H20O5/c1-16-2-3-19(14-21(16)24(27)28)10-8-17-4-6-18(7-5-17)9-11-20-12-13-23(26)22(15-20)25(29)30/h2-15,26H,1H3,(H,27,28)(H,29,30)/b10-8+,11-9+. The highest BCUT2D eigenvalue weighted by Gasteiger charge is 2.09. The van der Waals surface area contributed by atoms with Crippen molar-refractivity contribution < 1.29 is 24.9 Å². The molecule has 3 rings (SSSR count). The molecule has 3 aromatic rings. The van der Waals surface area contributed by atoms with Crippen LogP contribution in [0.5, 0.6) is 5.75 Å². The van der Waals surface area contributed by atoms with Crippen molar-refractivity contribution >= 4 is 36.2 Å². The number of hydrogen-bond acceptors (Lipinski definition) is 3. The van der Waals surface area contributed by atoms with Crippen molar-refractivity contribution in [3.05, 3.63) is 99.6 Å². The predicted molar refractivity (Wildman–Crippen MR) is 118 cm³/mol. The first kappa shape index (κ1) is 20.6. The summed E-state index contributed by atoms with van der Waals surface area (Å²) >= 11 is 0. The van der Waals surface area contributed by atoms with Crippen molar-refractivity contribution in [2.45, 2.75) is 6.92 Å². The van der Waals surface area contributed by atoms with Crippen LogP contribution in [-0.2, 0) is 0 Å². The highest BCUT2D eigenvalue weighted by molar-refractivity contribution is 5.92. The van der Waals surface area contributed by atoms with Crippen molar-refractivity contribution in [3.63, 3.8) is 0 Å². The fourth-order valence-corrected chi connectivity index (χ4v) is 2.91. The van der Waals surface area contributed by atoms with Crippen LogP contribution in [-0.4, -0.2) is 27.3 Å². The van der Waals surface area contributed by atoms with Crippen LogP contribution in [0.25, 0.3) is 24.3 Å². The molecule has 0 amide bonds. The molecule has 0 spiro atoms. The molecule has 3 aromatic carbocycles. The lowest BCUT2D eigenvalue weighted by Gasteiger charge is -2.02. The molecule has 0 bridgehead atoms. The van der Waals surface area contributed by atoms with Gasteiger partial charge in [0.25, 0.3) is 0 Å². The SMILES string of the molecule is Cc1ccc(/C=C/c2ccc(/C=C/c3ccc(O)c(C(=O)O)c3)cc2)cc1C(=O)O. The predicted octanol–water partition coefficient (Wildman–Crippen LogP) is 5.44. The first-order valence-electron chi connectivity index (χ1n) is 9.20. The Morgan fingerprint density at radius 2 is 1.03 bits per heavy atom. The van der Waals surface area contributed by atoms with E-state index in [1.54, 1.807) is 31.2 Å². The molecule has 150 valence electrons. The topological polar surface area (TPSA) is 94.8 Å². The molecule has 0 unspecified atom stereocenters. The van der Waals surface area contributed by atoms with E-state index in [9.17, 15) is 19.8 Å². The molecule has 0 heterocycles. The summed E-state index contributed by atoms with van der Waals surface area (Å²) < 4.78 is 0. The molecule has 0 atom stereocenters. The number of benzene rings is 3. The van der Waals surface area contributed by atoms with Gasteiger partial charge in [0.1, 0.15) is 11.3 Å². The summed E-state index contributed by atoms with van der Waals surface area (Å²) in [5.41, 5.74) is 4.24. The third kappa shape index (κ3) is 5.02. The Hall–Kier alpha value is -4.12. The van der Waals surface area contributed by atoms with Gasteiger partial charge in [-0.2, -0.15) is 0 Å². The van der Waals surface area contributed by atoms with E-state index in [1.165, 1.54) is 12.1 Å². The molecule has 5 heteroatoms. The number of aryl methyl sites for hydroxylation is 1. The van der Waals surface area contributed by atoms with Gasteiger partial charge in [-0.15, -0.1) is 0 Å². The first-order chi connectivity index (χ1) is 14.3. The van der Waals surface area contributed by atoms with Gasteiger partial charge in [0.05, 0.1) is 5.56 Å². The zero-order chi connectivity index (χ0) is 21.7. The van der Waals surface area contributed by atoms with Crippen LogP contribution in [0.4, 0.5) is 0 Å². The summed E-state index contributed by atoms with van der Waals surface area (Å²) in [6, 6.07) is 17.4. The summed E-state index contributed by atoms with van der Waals surface area (Å²) in [7, 11) is 0. The Morgan fingerprint density at radius 1 is 0.633 bits per heavy atom. The molecule has 0 saturated heterocycles. The van der Waals surface area contributed by atoms with Crippen molar-refractivity contribution in [1.82, 2.24) is 0 Å². The van der Waals surface area contributed by atoms with E-state index in [1.807, 2.05) is 48.6 Å². The van der Waals surface area contributed by atoms with Crippen LogP contribution in [0.1, 0.15) is 48.5 Å². The minimum atomic E-state index is -1.18. The number of rotatable bonds is 6. The molecule has 0 aliphatic heterocycles. The number of carboxylic acids is 2. The normalized spacial score (nSPS) is 11.2. The lowest BCUT2D eigenvalue weighted by atomic mass is 10.0. The third-order valence-electron chi connectivity index (χ3n) is 4.62. The van der Waals surface area contributed by atoms with E-state index in [0.717, 1.165) is 22.3 Å². The molecule has 0 aliphatic rings. The lowest BCUT2D eigenvalue weighted by molar-refractivity contribution is 0.0683. The molecule has 3 N–H and O–H groups in total. The van der Waals surface area contributed by atoms with Gasteiger partial charge < -0.3 is 15.3 Å². The quantitative estimate of drug-likeness (QED) is 0.479. The fourth-order valence-electron chi connectivity index (χ4n) is 2.91. The zero-order valence-electron chi connectivity index (χ0n) is 16.2. The van der Waals surface area contributed by atoms with E-state index in [-0.39, 0.29) is 16.9 Å². The van der Waals surface area contributed by atoms with Crippen LogP contribution in [0.2, 0.25) is 0 Å². The van der Waals surface area contributed by atoms with Gasteiger partial charge in [-0.05, 0) is 52.9 Å². The fraction of sp³-hybridized carbons (Fsp3) is 0.0400. The molecule has 0 aliphatic carbocycles. The van der Waals surface area contributed by atoms with Crippen molar-refractivity contribution in [2.24, 2.45) is 0 Å². The van der Waals surface area contributed by atoms with Crippen molar-refractivity contribution in [2.75, 3.05) is 0 Å². The minimum Gasteiger partial charge on any atom is -0.507 e. The van der Waals surface area contributed by atoms with Gasteiger partial charge >= 0.3 is 11.9 Å². The van der Waals surface area contributed by atoms with Crippen LogP contribution in [0, 0.1) is 6.92 Å². The summed E-state index contributed by atoms with van der Waals surface area (Å²) in [4.78, 5) is 22.3. The van der Waals surface area contributed by atoms with Crippen molar-refractivity contribution in [3.8, 4) is 5.75 Å². The van der Waals surface area contributed by atoms with Gasteiger partial charge in [-0.3, -0.25) is 0 Å². The Labute approximate surface area is 173 Å². The van der Waals surface area contributed by atoms with E-state index >= 15 is 0 Å². The van der Waals surface area contributed by atoms with E-state index in [2.05, 4.69) is 0 Å². The largest absolute Gasteiger partial charge is 0.507 e. The number of hydrogen-bond donors (Lipinski definition) is 3. The van der Waals surface area contributed by atoms with E-state index in [0.29, 0.717) is 5.56 Å². The first-order valence-corrected chi connectivity index (χ1v) is 9.20. The summed E-state index contributed by atoms with van der Waals surface area (Å²) in [6.07, 6.45) is 7.39. The third-order valence-corrected chi connectivity index (χ3v) is 4.62. The number of aromatic carboxylic acids is 2. The monoisotopic (exact) mass is 400 g/mol. The Balaban J connectivity index is 1.72. The van der Waals surface area contributed by atoms with Crippen LogP contribution in [0.15, 0.2) is 60.7 Å². The maximum Gasteiger partial charge on any atom is 0.339 e. The highest BCUT2D eigenvalue weighted by atomic mass is 16.4. The summed E-state index contributed by atoms with van der Waals surface area (Å²) in [5.74, 6) is -2.38. The molecule has 0 aromatic heterocycles. The van der Waals surface area contributed by atoms with Gasteiger partial charge in [-0.1, -0.05) is 66.8 Å². The Morgan fingerprint density at radius 3 is 1.53 bits per heavy atom. The minimum absolute atomic E-state index is 0.139. The number of carboxylic acid groups (broad SMARTS) is 2. The Kier molecular flexibility index (Phi) is 6.13. The number of aromatic hydroxyl groups is 1. The molecule has 0 saturated carbocycles. The van der Waals surface area contributed by atoms with Gasteiger partial charge in [0, 0.05) is 0 Å². The van der Waals surface area contributed by atoms with Gasteiger partial charge in [0.2, 0.25) is 0 Å². The number of carbonyl (C=O) groups is 2. The average molecular weight is 400 g/mol. The summed E-state index contributed by atoms with van der Waals surface area (Å²) in [6.45, 7) is 1.77. The van der Waals surface area contributed by atoms with E-state index < -0.39 is 11.9 Å².